The molecule has 6 heteroatoms. The molecule has 0 atom stereocenters. The number of carbonyl (C=O) groups excluding carboxylic acids is 1. The summed E-state index contributed by atoms with van der Waals surface area (Å²) in [7, 11) is 0. The molecule has 1 N–H and O–H groups in total. The minimum atomic E-state index is 0.343. The number of hydrogen-bond acceptors (Lipinski definition) is 4. The third kappa shape index (κ3) is 3.84. The number of aromatic amines is 1. The SMILES string of the molecule is CCC(=O)CN1CCC(c2ccc3[nH]c(-c4ccn5cnnc5c4)c(C(C)C)c3c2)CC1. The highest BCUT2D eigenvalue weighted by atomic mass is 16.1. The topological polar surface area (TPSA) is 66.3 Å². The van der Waals surface area contributed by atoms with Gasteiger partial charge in [0.05, 0.1) is 12.2 Å². The minimum absolute atomic E-state index is 0.343. The van der Waals surface area contributed by atoms with Crippen molar-refractivity contribution in [1.29, 1.82) is 0 Å². The maximum absolute atomic E-state index is 11.8. The van der Waals surface area contributed by atoms with Crippen LogP contribution in [0.3, 0.4) is 0 Å². The van der Waals surface area contributed by atoms with E-state index in [1.165, 1.54) is 27.7 Å². The summed E-state index contributed by atoms with van der Waals surface area (Å²) < 4.78 is 1.93. The van der Waals surface area contributed by atoms with Crippen molar-refractivity contribution >= 4 is 22.3 Å². The highest BCUT2D eigenvalue weighted by Gasteiger charge is 2.23. The van der Waals surface area contributed by atoms with E-state index in [9.17, 15) is 4.79 Å². The molecule has 1 aliphatic heterocycles. The number of ketones is 1. The number of benzene rings is 1. The lowest BCUT2D eigenvalue weighted by Crippen LogP contribution is -2.36. The molecule has 1 aliphatic rings. The van der Waals surface area contributed by atoms with Gasteiger partial charge in [-0.05, 0) is 73.2 Å². The number of likely N-dealkylation sites (tertiary alicyclic amines) is 1. The second kappa shape index (κ2) is 8.51. The molecule has 6 nitrogen and oxygen atoms in total. The molecule has 166 valence electrons. The normalized spacial score (nSPS) is 15.9. The molecule has 4 aromatic rings. The van der Waals surface area contributed by atoms with Gasteiger partial charge in [0.25, 0.3) is 0 Å². The zero-order valence-electron chi connectivity index (χ0n) is 19.1. The largest absolute Gasteiger partial charge is 0.354 e. The molecule has 32 heavy (non-hydrogen) atoms. The van der Waals surface area contributed by atoms with Crippen LogP contribution in [0.2, 0.25) is 0 Å². The summed E-state index contributed by atoms with van der Waals surface area (Å²) in [4.78, 5) is 17.8. The Kier molecular flexibility index (Phi) is 5.55. The average molecular weight is 430 g/mol. The second-order valence-corrected chi connectivity index (χ2v) is 9.33. The molecule has 0 amide bonds. The van der Waals surface area contributed by atoms with E-state index in [-0.39, 0.29) is 0 Å². The molecular formula is C26H31N5O. The van der Waals surface area contributed by atoms with Crippen molar-refractivity contribution in [3.63, 3.8) is 0 Å². The van der Waals surface area contributed by atoms with Gasteiger partial charge in [0.1, 0.15) is 12.1 Å². The summed E-state index contributed by atoms with van der Waals surface area (Å²) >= 11 is 0. The van der Waals surface area contributed by atoms with Gasteiger partial charge in [-0.25, -0.2) is 0 Å². The van der Waals surface area contributed by atoms with E-state index in [1.54, 1.807) is 6.33 Å². The molecule has 1 aromatic carbocycles. The number of aromatic nitrogens is 4. The molecule has 0 aliphatic carbocycles. The number of nitrogens with one attached hydrogen (secondary N) is 1. The van der Waals surface area contributed by atoms with Gasteiger partial charge in [0.2, 0.25) is 0 Å². The van der Waals surface area contributed by atoms with Crippen molar-refractivity contribution in [2.45, 2.75) is 51.9 Å². The molecule has 1 fully saturated rings. The molecule has 1 saturated heterocycles. The highest BCUT2D eigenvalue weighted by molar-refractivity contribution is 5.92. The van der Waals surface area contributed by atoms with Crippen LogP contribution in [0, 0.1) is 0 Å². The number of piperidine rings is 1. The zero-order valence-corrected chi connectivity index (χ0v) is 19.1. The van der Waals surface area contributed by atoms with Crippen LogP contribution < -0.4 is 0 Å². The third-order valence-corrected chi connectivity index (χ3v) is 6.88. The number of Topliss-reactive ketones (excluding diaryl/α,β-unsaturated/α-hetero) is 1. The third-order valence-electron chi connectivity index (χ3n) is 6.88. The van der Waals surface area contributed by atoms with Crippen molar-refractivity contribution in [3.8, 4) is 11.3 Å². The fourth-order valence-electron chi connectivity index (χ4n) is 5.07. The fraction of sp³-hybridized carbons (Fsp3) is 0.423. The number of pyridine rings is 1. The molecule has 0 unspecified atom stereocenters. The first-order chi connectivity index (χ1) is 15.5. The van der Waals surface area contributed by atoms with Gasteiger partial charge >= 0.3 is 0 Å². The fourth-order valence-corrected chi connectivity index (χ4v) is 5.07. The van der Waals surface area contributed by atoms with E-state index in [0.717, 1.165) is 37.1 Å². The summed E-state index contributed by atoms with van der Waals surface area (Å²) in [5.41, 5.74) is 7.12. The van der Waals surface area contributed by atoms with Gasteiger partial charge in [-0.2, -0.15) is 0 Å². The van der Waals surface area contributed by atoms with Crippen LogP contribution in [0.4, 0.5) is 0 Å². The van der Waals surface area contributed by atoms with Gasteiger partial charge < -0.3 is 4.98 Å². The second-order valence-electron chi connectivity index (χ2n) is 9.33. The van der Waals surface area contributed by atoms with Crippen molar-refractivity contribution in [1.82, 2.24) is 24.5 Å². The maximum Gasteiger partial charge on any atom is 0.161 e. The maximum atomic E-state index is 11.8. The molecule has 0 bridgehead atoms. The van der Waals surface area contributed by atoms with Gasteiger partial charge in [-0.15, -0.1) is 10.2 Å². The molecule has 4 heterocycles. The number of rotatable bonds is 6. The standard InChI is InChI=1S/C26H31N5O/c1-4-21(32)15-30-10-7-18(8-11-30)19-5-6-23-22(13-19)25(17(2)3)26(28-23)20-9-12-31-16-27-29-24(31)14-20/h5-6,9,12-14,16-18,28H,4,7-8,10-11,15H2,1-3H3. The lowest BCUT2D eigenvalue weighted by Gasteiger charge is -2.31. The molecule has 3 aromatic heterocycles. The number of nitrogens with zero attached hydrogens (tertiary/aromatic N) is 4. The van der Waals surface area contributed by atoms with Crippen LogP contribution in [0.25, 0.3) is 27.8 Å². The Labute approximate surface area is 188 Å². The van der Waals surface area contributed by atoms with Crippen molar-refractivity contribution in [2.24, 2.45) is 0 Å². The zero-order chi connectivity index (χ0) is 22.2. The molecule has 5 rings (SSSR count). The van der Waals surface area contributed by atoms with Gasteiger partial charge in [0.15, 0.2) is 5.65 Å². The number of carbonyl (C=O) groups is 1. The van der Waals surface area contributed by atoms with Crippen LogP contribution in [-0.4, -0.2) is 49.9 Å². The first-order valence-corrected chi connectivity index (χ1v) is 11.7. The Morgan fingerprint density at radius 1 is 1.19 bits per heavy atom. The van der Waals surface area contributed by atoms with Gasteiger partial charge in [0, 0.05) is 29.1 Å². The van der Waals surface area contributed by atoms with Crippen molar-refractivity contribution in [2.75, 3.05) is 19.6 Å². The summed E-state index contributed by atoms with van der Waals surface area (Å²) in [5.74, 6) is 1.29. The first kappa shape index (κ1) is 20.9. The van der Waals surface area contributed by atoms with E-state index in [0.29, 0.717) is 30.6 Å². The minimum Gasteiger partial charge on any atom is -0.354 e. The van der Waals surface area contributed by atoms with Crippen molar-refractivity contribution in [3.05, 3.63) is 54.0 Å². The lowest BCUT2D eigenvalue weighted by atomic mass is 9.87. The van der Waals surface area contributed by atoms with Gasteiger partial charge in [-0.1, -0.05) is 26.8 Å². The average Bonchev–Trinajstić information content (AvgIpc) is 3.42. The molecule has 0 spiro atoms. The summed E-state index contributed by atoms with van der Waals surface area (Å²) in [6.07, 6.45) is 6.60. The van der Waals surface area contributed by atoms with E-state index < -0.39 is 0 Å². The first-order valence-electron chi connectivity index (χ1n) is 11.7. The molecular weight excluding hydrogens is 398 g/mol. The van der Waals surface area contributed by atoms with Crippen molar-refractivity contribution < 1.29 is 4.79 Å². The molecule has 0 saturated carbocycles. The van der Waals surface area contributed by atoms with Crippen LogP contribution >= 0.6 is 0 Å². The van der Waals surface area contributed by atoms with E-state index in [4.69, 9.17) is 0 Å². The summed E-state index contributed by atoms with van der Waals surface area (Å²) in [6, 6.07) is 11.1. The Balaban J connectivity index is 1.46. The Hall–Kier alpha value is -2.99. The van der Waals surface area contributed by atoms with E-state index in [1.807, 2.05) is 17.5 Å². The summed E-state index contributed by atoms with van der Waals surface area (Å²) in [6.45, 7) is 9.09. The number of fused-ring (bicyclic) bond motifs is 2. The van der Waals surface area contributed by atoms with Crippen LogP contribution in [0.15, 0.2) is 42.9 Å². The monoisotopic (exact) mass is 429 g/mol. The van der Waals surface area contributed by atoms with Crippen LogP contribution in [0.5, 0.6) is 0 Å². The lowest BCUT2D eigenvalue weighted by molar-refractivity contribution is -0.120. The molecule has 0 radical (unpaired) electrons. The van der Waals surface area contributed by atoms with Crippen LogP contribution in [0.1, 0.15) is 63.0 Å². The number of H-pyrrole nitrogens is 1. The number of hydrogen-bond donors (Lipinski definition) is 1. The summed E-state index contributed by atoms with van der Waals surface area (Å²) in [5, 5.41) is 9.54. The predicted octanol–water partition coefficient (Wildman–Crippen LogP) is 5.16. The highest BCUT2D eigenvalue weighted by Crippen LogP contribution is 2.38. The Morgan fingerprint density at radius 3 is 2.75 bits per heavy atom. The Bertz CT molecular complexity index is 1260. The van der Waals surface area contributed by atoms with E-state index >= 15 is 0 Å². The predicted molar refractivity (Wildman–Crippen MR) is 128 cm³/mol. The van der Waals surface area contributed by atoms with Crippen LogP contribution in [-0.2, 0) is 4.79 Å². The Morgan fingerprint density at radius 2 is 2.00 bits per heavy atom. The smallest absolute Gasteiger partial charge is 0.161 e. The quantitative estimate of drug-likeness (QED) is 0.460. The van der Waals surface area contributed by atoms with E-state index in [2.05, 4.69) is 64.3 Å². The van der Waals surface area contributed by atoms with Gasteiger partial charge in [-0.3, -0.25) is 14.1 Å².